The summed E-state index contributed by atoms with van der Waals surface area (Å²) in [5.41, 5.74) is -0.196. The van der Waals surface area contributed by atoms with Gasteiger partial charge in [-0.3, -0.25) is 4.79 Å². The first-order valence-corrected chi connectivity index (χ1v) is 6.27. The lowest BCUT2D eigenvalue weighted by Gasteiger charge is -2.34. The van der Waals surface area contributed by atoms with E-state index in [1.807, 2.05) is 6.92 Å². The number of halogens is 1. The lowest BCUT2D eigenvalue weighted by Crippen LogP contribution is -2.51. The van der Waals surface area contributed by atoms with Gasteiger partial charge in [0.2, 0.25) is 0 Å². The number of carbonyl (C=O) groups excluding carboxylic acids is 1. The van der Waals surface area contributed by atoms with Crippen molar-refractivity contribution in [2.24, 2.45) is 0 Å². The van der Waals surface area contributed by atoms with Crippen molar-refractivity contribution in [2.75, 3.05) is 13.2 Å². The number of hydrogen-bond donors (Lipinski definition) is 2. The molecular weight excluding hydrogens is 254 g/mol. The van der Waals surface area contributed by atoms with Crippen LogP contribution in [-0.2, 0) is 4.74 Å². The maximum atomic E-state index is 12.1. The Kier molecular flexibility index (Phi) is 3.78. The van der Waals surface area contributed by atoms with Crippen LogP contribution in [0.4, 0.5) is 0 Å². The zero-order chi connectivity index (χ0) is 13.2. The summed E-state index contributed by atoms with van der Waals surface area (Å²) in [6, 6.07) is 4.41. The molecule has 0 aliphatic carbocycles. The van der Waals surface area contributed by atoms with Gasteiger partial charge in [0.25, 0.3) is 5.91 Å². The highest BCUT2D eigenvalue weighted by Gasteiger charge is 2.30. The van der Waals surface area contributed by atoms with Crippen LogP contribution >= 0.6 is 11.6 Å². The standard InChI is InChI=1S/C13H16ClNO3/c1-13(5-2-6-18-8-13)15-12(17)10-7-9(14)3-4-11(10)16/h3-4,7,16H,2,5-6,8H2,1H3,(H,15,17). The van der Waals surface area contributed by atoms with E-state index in [1.54, 1.807) is 6.07 Å². The highest BCUT2D eigenvalue weighted by Crippen LogP contribution is 2.24. The van der Waals surface area contributed by atoms with E-state index in [-0.39, 0.29) is 22.8 Å². The molecule has 1 atom stereocenters. The molecule has 0 spiro atoms. The predicted molar refractivity (Wildman–Crippen MR) is 69.0 cm³/mol. The van der Waals surface area contributed by atoms with E-state index in [4.69, 9.17) is 16.3 Å². The average molecular weight is 270 g/mol. The van der Waals surface area contributed by atoms with Crippen LogP contribution < -0.4 is 5.32 Å². The van der Waals surface area contributed by atoms with Crippen LogP contribution in [0.2, 0.25) is 5.02 Å². The second kappa shape index (κ2) is 5.16. The van der Waals surface area contributed by atoms with E-state index < -0.39 is 0 Å². The van der Waals surface area contributed by atoms with Gasteiger partial charge in [-0.2, -0.15) is 0 Å². The largest absolute Gasteiger partial charge is 0.507 e. The molecule has 4 nitrogen and oxygen atoms in total. The Morgan fingerprint density at radius 1 is 1.56 bits per heavy atom. The third-order valence-electron chi connectivity index (χ3n) is 3.06. The van der Waals surface area contributed by atoms with E-state index in [1.165, 1.54) is 12.1 Å². The van der Waals surface area contributed by atoms with Gasteiger partial charge in [-0.1, -0.05) is 11.6 Å². The maximum Gasteiger partial charge on any atom is 0.255 e. The molecule has 98 valence electrons. The van der Waals surface area contributed by atoms with Gasteiger partial charge in [0.15, 0.2) is 0 Å². The van der Waals surface area contributed by atoms with Crippen molar-refractivity contribution in [3.63, 3.8) is 0 Å². The fourth-order valence-corrected chi connectivity index (χ4v) is 2.24. The normalized spacial score (nSPS) is 23.7. The predicted octanol–water partition coefficient (Wildman–Crippen LogP) is 2.34. The summed E-state index contributed by atoms with van der Waals surface area (Å²) in [6.07, 6.45) is 1.78. The molecule has 1 aromatic carbocycles. The van der Waals surface area contributed by atoms with Crippen molar-refractivity contribution in [3.05, 3.63) is 28.8 Å². The summed E-state index contributed by atoms with van der Waals surface area (Å²) < 4.78 is 5.37. The van der Waals surface area contributed by atoms with Crippen molar-refractivity contribution >= 4 is 17.5 Å². The molecule has 1 aliphatic rings. The molecule has 1 unspecified atom stereocenters. The van der Waals surface area contributed by atoms with Gasteiger partial charge in [-0.15, -0.1) is 0 Å². The van der Waals surface area contributed by atoms with Gasteiger partial charge in [-0.25, -0.2) is 0 Å². The molecule has 1 heterocycles. The zero-order valence-electron chi connectivity index (χ0n) is 10.2. The molecule has 18 heavy (non-hydrogen) atoms. The fraction of sp³-hybridized carbons (Fsp3) is 0.462. The Hall–Kier alpha value is -1.26. The lowest BCUT2D eigenvalue weighted by molar-refractivity contribution is 0.0272. The summed E-state index contributed by atoms with van der Waals surface area (Å²) >= 11 is 5.82. The van der Waals surface area contributed by atoms with E-state index >= 15 is 0 Å². The summed E-state index contributed by atoms with van der Waals surface area (Å²) in [7, 11) is 0. The number of phenolic OH excluding ortho intramolecular Hbond substituents is 1. The van der Waals surface area contributed by atoms with Crippen LogP contribution in [0, 0.1) is 0 Å². The molecule has 1 saturated heterocycles. The second-order valence-corrected chi connectivity index (χ2v) is 5.27. The van der Waals surface area contributed by atoms with Gasteiger partial charge < -0.3 is 15.2 Å². The molecular formula is C13H16ClNO3. The van der Waals surface area contributed by atoms with Gasteiger partial charge >= 0.3 is 0 Å². The van der Waals surface area contributed by atoms with Gasteiger partial charge in [0, 0.05) is 11.6 Å². The van der Waals surface area contributed by atoms with Gasteiger partial charge in [-0.05, 0) is 38.0 Å². The first-order valence-electron chi connectivity index (χ1n) is 5.89. The Balaban J connectivity index is 2.14. The van der Waals surface area contributed by atoms with Gasteiger partial charge in [0.05, 0.1) is 17.7 Å². The fourth-order valence-electron chi connectivity index (χ4n) is 2.06. The third-order valence-corrected chi connectivity index (χ3v) is 3.29. The number of rotatable bonds is 2. The number of ether oxygens (including phenoxy) is 1. The monoisotopic (exact) mass is 269 g/mol. The number of carbonyl (C=O) groups is 1. The Labute approximate surface area is 111 Å². The number of amides is 1. The number of phenols is 1. The van der Waals surface area contributed by atoms with Gasteiger partial charge in [0.1, 0.15) is 5.75 Å². The quantitative estimate of drug-likeness (QED) is 0.866. The highest BCUT2D eigenvalue weighted by atomic mass is 35.5. The van der Waals surface area contributed by atoms with Crippen LogP contribution in [0.15, 0.2) is 18.2 Å². The highest BCUT2D eigenvalue weighted by molar-refractivity contribution is 6.31. The van der Waals surface area contributed by atoms with Crippen molar-refractivity contribution in [3.8, 4) is 5.75 Å². The molecule has 1 fully saturated rings. The second-order valence-electron chi connectivity index (χ2n) is 4.83. The molecule has 5 heteroatoms. The number of benzene rings is 1. The molecule has 0 aromatic heterocycles. The molecule has 0 saturated carbocycles. The number of hydrogen-bond acceptors (Lipinski definition) is 3. The molecule has 2 rings (SSSR count). The number of aromatic hydroxyl groups is 1. The van der Waals surface area contributed by atoms with Crippen molar-refractivity contribution in [2.45, 2.75) is 25.3 Å². The van der Waals surface area contributed by atoms with Crippen molar-refractivity contribution < 1.29 is 14.6 Å². The summed E-state index contributed by atoms with van der Waals surface area (Å²) in [5, 5.41) is 13.0. The average Bonchev–Trinajstić information content (AvgIpc) is 2.32. The van der Waals surface area contributed by atoms with Crippen molar-refractivity contribution in [1.82, 2.24) is 5.32 Å². The molecule has 0 radical (unpaired) electrons. The molecule has 1 aromatic rings. The van der Waals surface area contributed by atoms with E-state index in [2.05, 4.69) is 5.32 Å². The van der Waals surface area contributed by atoms with Crippen molar-refractivity contribution in [1.29, 1.82) is 0 Å². The lowest BCUT2D eigenvalue weighted by atomic mass is 9.94. The third kappa shape index (κ3) is 2.94. The number of nitrogens with one attached hydrogen (secondary N) is 1. The summed E-state index contributed by atoms with van der Waals surface area (Å²) in [5.74, 6) is -0.403. The Morgan fingerprint density at radius 3 is 3.00 bits per heavy atom. The van der Waals surface area contributed by atoms with Crippen LogP contribution in [0.5, 0.6) is 5.75 Å². The molecule has 1 amide bonds. The first kappa shape index (κ1) is 13.2. The topological polar surface area (TPSA) is 58.6 Å². The minimum Gasteiger partial charge on any atom is -0.507 e. The van der Waals surface area contributed by atoms with Crippen LogP contribution in [0.3, 0.4) is 0 Å². The SMILES string of the molecule is CC1(NC(=O)c2cc(Cl)ccc2O)CCCOC1. The van der Waals surface area contributed by atoms with Crippen LogP contribution in [0.25, 0.3) is 0 Å². The van der Waals surface area contributed by atoms with E-state index in [9.17, 15) is 9.90 Å². The first-order chi connectivity index (χ1) is 8.50. The Morgan fingerprint density at radius 2 is 2.33 bits per heavy atom. The molecule has 1 aliphatic heterocycles. The Bertz CT molecular complexity index is 456. The summed E-state index contributed by atoms with van der Waals surface area (Å²) in [6.45, 7) is 3.15. The van der Waals surface area contributed by atoms with Crippen LogP contribution in [0.1, 0.15) is 30.1 Å². The van der Waals surface area contributed by atoms with E-state index in [0.29, 0.717) is 11.6 Å². The maximum absolute atomic E-state index is 12.1. The zero-order valence-corrected chi connectivity index (χ0v) is 11.0. The minimum atomic E-state index is -0.385. The smallest absolute Gasteiger partial charge is 0.255 e. The van der Waals surface area contributed by atoms with E-state index in [0.717, 1.165) is 19.4 Å². The van der Waals surface area contributed by atoms with Crippen LogP contribution in [-0.4, -0.2) is 29.8 Å². The summed E-state index contributed by atoms with van der Waals surface area (Å²) in [4.78, 5) is 12.1. The molecule has 2 N–H and O–H groups in total. The minimum absolute atomic E-state index is 0.0720. The molecule has 0 bridgehead atoms.